The number of carbonyl (C=O) groups excluding carboxylic acids is 1. The highest BCUT2D eigenvalue weighted by Gasteiger charge is 2.54. The molecule has 9 heteroatoms. The summed E-state index contributed by atoms with van der Waals surface area (Å²) in [6.45, 7) is 1.41. The highest BCUT2D eigenvalue weighted by atomic mass is 19.1. The third kappa shape index (κ3) is 5.50. The number of nitrogens with two attached hydrogens (primary N) is 1. The number of benzene rings is 3. The van der Waals surface area contributed by atoms with Crippen LogP contribution >= 0.6 is 0 Å². The van der Waals surface area contributed by atoms with Gasteiger partial charge in [0.05, 0.1) is 16.8 Å². The first-order valence-electron chi connectivity index (χ1n) is 16.3. The first kappa shape index (κ1) is 28.6. The predicted octanol–water partition coefficient (Wildman–Crippen LogP) is 6.90. The summed E-state index contributed by atoms with van der Waals surface area (Å²) in [6.07, 6.45) is 7.84. The van der Waals surface area contributed by atoms with Crippen LogP contribution in [0, 0.1) is 29.4 Å². The number of ether oxygens (including phenoxy) is 1. The number of para-hydroxylation sites is 1. The van der Waals surface area contributed by atoms with Gasteiger partial charge in [0.15, 0.2) is 5.82 Å². The Bertz CT molecular complexity index is 1730. The van der Waals surface area contributed by atoms with Gasteiger partial charge in [-0.25, -0.2) is 8.78 Å². The molecule has 4 aromatic rings. The molecule has 2 heterocycles. The number of fused-ring (bicyclic) bond motifs is 1. The Hall–Kier alpha value is -3.82. The molecule has 5 fully saturated rings. The predicted molar refractivity (Wildman–Crippen MR) is 170 cm³/mol. The maximum atomic E-state index is 14.1. The molecule has 4 aliphatic carbocycles. The van der Waals surface area contributed by atoms with E-state index in [0.29, 0.717) is 54.3 Å². The molecule has 1 aromatic heterocycles. The summed E-state index contributed by atoms with van der Waals surface area (Å²) in [4.78, 5) is 14.1. The van der Waals surface area contributed by atoms with Gasteiger partial charge >= 0.3 is 0 Å². The summed E-state index contributed by atoms with van der Waals surface area (Å²) in [6, 6.07) is 15.6. The summed E-state index contributed by atoms with van der Waals surface area (Å²) in [5.41, 5.74) is 11.8. The SMILES string of the molecule is NC12CC3C[C@H](C1)C(c1cccc(C(=O)Nc4n[nH]c5ccc(Cc6cc(F)cc(F)c6)cc45)c1NC1CCOCC1)[C@@H](C3)C2. The number of nitrogens with zero attached hydrogens (tertiary/aromatic N) is 1. The van der Waals surface area contributed by atoms with E-state index in [9.17, 15) is 13.6 Å². The molecular weight excluding hydrogens is 572 g/mol. The van der Waals surface area contributed by atoms with Crippen molar-refractivity contribution >= 4 is 28.3 Å². The second kappa shape index (κ2) is 11.2. The van der Waals surface area contributed by atoms with E-state index in [-0.39, 0.29) is 17.5 Å². The van der Waals surface area contributed by atoms with Gasteiger partial charge in [-0.05, 0) is 122 Å². The molecule has 4 bridgehead atoms. The molecule has 0 spiro atoms. The van der Waals surface area contributed by atoms with Gasteiger partial charge in [-0.2, -0.15) is 5.10 Å². The van der Waals surface area contributed by atoms with Crippen molar-refractivity contribution in [1.29, 1.82) is 0 Å². The van der Waals surface area contributed by atoms with Gasteiger partial charge in [-0.1, -0.05) is 18.2 Å². The lowest BCUT2D eigenvalue weighted by Crippen LogP contribution is -2.58. The fraction of sp³-hybridized carbons (Fsp3) is 0.444. The zero-order chi connectivity index (χ0) is 30.7. The molecular formula is C36H39F2N5O2. The van der Waals surface area contributed by atoms with E-state index >= 15 is 0 Å². The van der Waals surface area contributed by atoms with Crippen LogP contribution in [-0.4, -0.2) is 40.9 Å². The van der Waals surface area contributed by atoms with Crippen molar-refractivity contribution in [1.82, 2.24) is 10.2 Å². The van der Waals surface area contributed by atoms with E-state index in [4.69, 9.17) is 10.5 Å². The number of carbonyl (C=O) groups is 1. The van der Waals surface area contributed by atoms with Gasteiger partial charge in [-0.15, -0.1) is 0 Å². The van der Waals surface area contributed by atoms with Gasteiger partial charge in [-0.3, -0.25) is 9.89 Å². The third-order valence-electron chi connectivity index (χ3n) is 10.8. The third-order valence-corrected chi connectivity index (χ3v) is 10.8. The number of rotatable bonds is 7. The number of H-pyrrole nitrogens is 1. The molecule has 1 saturated heterocycles. The highest BCUT2D eigenvalue weighted by molar-refractivity contribution is 6.11. The number of hydrogen-bond acceptors (Lipinski definition) is 5. The molecule has 5 atom stereocenters. The molecule has 7 nitrogen and oxygen atoms in total. The average molecular weight is 612 g/mol. The van der Waals surface area contributed by atoms with Crippen LogP contribution in [0.3, 0.4) is 0 Å². The summed E-state index contributed by atoms with van der Waals surface area (Å²) in [7, 11) is 0. The monoisotopic (exact) mass is 611 g/mol. The lowest BCUT2D eigenvalue weighted by molar-refractivity contribution is -0.0201. The minimum Gasteiger partial charge on any atom is -0.381 e. The maximum Gasteiger partial charge on any atom is 0.258 e. The van der Waals surface area contributed by atoms with Crippen molar-refractivity contribution in [3.05, 3.63) is 88.5 Å². The first-order chi connectivity index (χ1) is 21.8. The maximum absolute atomic E-state index is 14.1. The fourth-order valence-electron chi connectivity index (χ4n) is 9.23. The molecule has 3 unspecified atom stereocenters. The van der Waals surface area contributed by atoms with Crippen LogP contribution in [0.5, 0.6) is 0 Å². The van der Waals surface area contributed by atoms with Gasteiger partial charge in [0.25, 0.3) is 5.91 Å². The second-order valence-corrected chi connectivity index (χ2v) is 14.0. The number of amides is 1. The number of aromatic amines is 1. The summed E-state index contributed by atoms with van der Waals surface area (Å²) >= 11 is 0. The zero-order valence-electron chi connectivity index (χ0n) is 25.3. The van der Waals surface area contributed by atoms with Crippen LogP contribution in [-0.2, 0) is 11.2 Å². The van der Waals surface area contributed by atoms with Crippen LogP contribution in [0.4, 0.5) is 20.3 Å². The van der Waals surface area contributed by atoms with E-state index < -0.39 is 11.6 Å². The summed E-state index contributed by atoms with van der Waals surface area (Å²) in [5, 5.41) is 15.1. The number of nitrogens with one attached hydrogen (secondary N) is 3. The van der Waals surface area contributed by atoms with E-state index in [1.807, 2.05) is 30.3 Å². The van der Waals surface area contributed by atoms with Crippen LogP contribution in [0.2, 0.25) is 0 Å². The molecule has 234 valence electrons. The Labute approximate surface area is 261 Å². The smallest absolute Gasteiger partial charge is 0.258 e. The Morgan fingerprint density at radius 3 is 2.47 bits per heavy atom. The normalized spacial score (nSPS) is 27.6. The van der Waals surface area contributed by atoms with Crippen LogP contribution < -0.4 is 16.4 Å². The molecule has 9 rings (SSSR count). The Kier molecular flexibility index (Phi) is 7.13. The van der Waals surface area contributed by atoms with Crippen LogP contribution in [0.15, 0.2) is 54.6 Å². The quantitative estimate of drug-likeness (QED) is 0.182. The van der Waals surface area contributed by atoms with Crippen molar-refractivity contribution in [2.75, 3.05) is 23.8 Å². The van der Waals surface area contributed by atoms with Gasteiger partial charge in [0.1, 0.15) is 11.6 Å². The first-order valence-corrected chi connectivity index (χ1v) is 16.3. The molecule has 5 N–H and O–H groups in total. The van der Waals surface area contributed by atoms with Gasteiger partial charge in [0, 0.05) is 36.2 Å². The van der Waals surface area contributed by atoms with E-state index in [0.717, 1.165) is 66.2 Å². The summed E-state index contributed by atoms with van der Waals surface area (Å²) in [5.74, 6) is 1.16. The fourth-order valence-corrected chi connectivity index (χ4v) is 9.23. The minimum atomic E-state index is -0.606. The summed E-state index contributed by atoms with van der Waals surface area (Å²) < 4.78 is 33.3. The Balaban J connectivity index is 1.11. The number of halogens is 2. The Morgan fingerprint density at radius 1 is 0.978 bits per heavy atom. The minimum absolute atomic E-state index is 0.0288. The van der Waals surface area contributed by atoms with E-state index in [1.165, 1.54) is 30.5 Å². The Morgan fingerprint density at radius 2 is 1.73 bits per heavy atom. The van der Waals surface area contributed by atoms with E-state index in [1.54, 1.807) is 0 Å². The topological polar surface area (TPSA) is 105 Å². The van der Waals surface area contributed by atoms with Gasteiger partial charge < -0.3 is 21.1 Å². The number of anilines is 2. The van der Waals surface area contributed by atoms with Crippen LogP contribution in [0.25, 0.3) is 10.9 Å². The zero-order valence-corrected chi connectivity index (χ0v) is 25.3. The average Bonchev–Trinajstić information content (AvgIpc) is 3.38. The number of aromatic nitrogens is 2. The molecule has 0 radical (unpaired) electrons. The molecule has 45 heavy (non-hydrogen) atoms. The second-order valence-electron chi connectivity index (χ2n) is 14.0. The lowest BCUT2D eigenvalue weighted by atomic mass is 9.48. The largest absolute Gasteiger partial charge is 0.381 e. The van der Waals surface area contributed by atoms with Gasteiger partial charge in [0.2, 0.25) is 0 Å². The molecule has 5 aliphatic rings. The molecule has 1 aliphatic heterocycles. The van der Waals surface area contributed by atoms with Crippen LogP contribution in [0.1, 0.15) is 77.9 Å². The van der Waals surface area contributed by atoms with Crippen molar-refractivity contribution in [2.45, 2.75) is 68.9 Å². The highest BCUT2D eigenvalue weighted by Crippen LogP contribution is 2.61. The van der Waals surface area contributed by atoms with Crippen molar-refractivity contribution < 1.29 is 18.3 Å². The van der Waals surface area contributed by atoms with Crippen molar-refractivity contribution in [3.8, 4) is 0 Å². The standard InChI is InChI=1S/C36H39F2N5O2/c37-25-13-21(14-26(38)16-25)10-20-4-5-31-30(15-20)34(43-42-31)41-35(44)29-3-1-2-28(33(29)40-27-6-8-45-9-7-27)32-23-11-22-12-24(32)19-36(39,17-22)18-23/h1-5,13-16,22-24,27,32,40H,6-12,17-19,39H2,(H2,41,42,43,44)/t22?,23-,24+,32?,36?. The lowest BCUT2D eigenvalue weighted by Gasteiger charge is -2.59. The molecule has 1 amide bonds. The molecule has 4 saturated carbocycles. The van der Waals surface area contributed by atoms with E-state index in [2.05, 4.69) is 26.9 Å². The number of hydrogen-bond donors (Lipinski definition) is 4. The van der Waals surface area contributed by atoms with Crippen molar-refractivity contribution in [2.24, 2.45) is 23.5 Å². The molecule has 3 aromatic carbocycles. The van der Waals surface area contributed by atoms with Crippen molar-refractivity contribution in [3.63, 3.8) is 0 Å².